The van der Waals surface area contributed by atoms with Crippen LogP contribution in [0.5, 0.6) is 0 Å². The lowest BCUT2D eigenvalue weighted by Crippen LogP contribution is -2.48. The highest BCUT2D eigenvalue weighted by Gasteiger charge is 2.27. The summed E-state index contributed by atoms with van der Waals surface area (Å²) in [5, 5.41) is 3.63. The molecule has 3 aliphatic heterocycles. The molecule has 0 spiro atoms. The number of hydrogen-bond acceptors (Lipinski definition) is 3. The Morgan fingerprint density at radius 1 is 0.833 bits per heavy atom. The molecule has 3 rings (SSSR count). The second kappa shape index (κ2) is 6.36. The first-order valence-electron chi connectivity index (χ1n) is 8.11. The van der Waals surface area contributed by atoms with Crippen molar-refractivity contribution in [2.45, 2.75) is 57.0 Å². The predicted octanol–water partition coefficient (Wildman–Crippen LogP) is 1.69. The van der Waals surface area contributed by atoms with Crippen molar-refractivity contribution in [2.75, 3.05) is 39.3 Å². The van der Waals surface area contributed by atoms with Crippen molar-refractivity contribution >= 4 is 0 Å². The number of rotatable bonds is 3. The topological polar surface area (TPSA) is 18.5 Å². The monoisotopic (exact) mass is 251 g/mol. The molecule has 0 saturated carbocycles. The summed E-state index contributed by atoms with van der Waals surface area (Å²) in [5.41, 5.74) is 0. The first-order chi connectivity index (χ1) is 8.92. The molecule has 1 unspecified atom stereocenters. The number of hydrogen-bond donors (Lipinski definition) is 1. The van der Waals surface area contributed by atoms with Gasteiger partial charge in [0.15, 0.2) is 0 Å². The zero-order valence-electron chi connectivity index (χ0n) is 11.7. The van der Waals surface area contributed by atoms with Gasteiger partial charge < -0.3 is 15.1 Å². The van der Waals surface area contributed by atoms with E-state index in [2.05, 4.69) is 15.1 Å². The van der Waals surface area contributed by atoms with Crippen molar-refractivity contribution < 1.29 is 0 Å². The van der Waals surface area contributed by atoms with Gasteiger partial charge in [-0.2, -0.15) is 0 Å². The highest BCUT2D eigenvalue weighted by Crippen LogP contribution is 2.21. The minimum atomic E-state index is 0.788. The van der Waals surface area contributed by atoms with E-state index >= 15 is 0 Å². The van der Waals surface area contributed by atoms with Crippen molar-refractivity contribution in [3.63, 3.8) is 0 Å². The van der Waals surface area contributed by atoms with Gasteiger partial charge in [0.2, 0.25) is 0 Å². The van der Waals surface area contributed by atoms with E-state index in [9.17, 15) is 0 Å². The van der Waals surface area contributed by atoms with Gasteiger partial charge in [0, 0.05) is 18.6 Å². The second-order valence-electron chi connectivity index (χ2n) is 6.42. The average molecular weight is 251 g/mol. The third-order valence-electron chi connectivity index (χ3n) is 5.11. The predicted molar refractivity (Wildman–Crippen MR) is 75.9 cm³/mol. The van der Waals surface area contributed by atoms with E-state index in [0.717, 1.165) is 12.1 Å². The molecule has 0 amide bonds. The summed E-state index contributed by atoms with van der Waals surface area (Å²) < 4.78 is 0. The van der Waals surface area contributed by atoms with E-state index in [1.807, 2.05) is 0 Å². The summed E-state index contributed by atoms with van der Waals surface area (Å²) in [7, 11) is 0. The summed E-state index contributed by atoms with van der Waals surface area (Å²) in [6, 6.07) is 1.69. The van der Waals surface area contributed by atoms with Crippen molar-refractivity contribution in [3.8, 4) is 0 Å². The lowest BCUT2D eigenvalue weighted by Gasteiger charge is -2.40. The van der Waals surface area contributed by atoms with E-state index in [-0.39, 0.29) is 0 Å². The van der Waals surface area contributed by atoms with E-state index in [1.165, 1.54) is 84.2 Å². The second-order valence-corrected chi connectivity index (χ2v) is 6.42. The van der Waals surface area contributed by atoms with Gasteiger partial charge in [-0.1, -0.05) is 6.42 Å². The maximum Gasteiger partial charge on any atom is 0.0195 e. The largest absolute Gasteiger partial charge is 0.313 e. The van der Waals surface area contributed by atoms with E-state index in [4.69, 9.17) is 0 Å². The van der Waals surface area contributed by atoms with E-state index in [0.29, 0.717) is 0 Å². The van der Waals surface area contributed by atoms with Gasteiger partial charge in [0.25, 0.3) is 0 Å². The summed E-state index contributed by atoms with van der Waals surface area (Å²) in [5.74, 6) is 0. The van der Waals surface area contributed by atoms with Crippen molar-refractivity contribution in [3.05, 3.63) is 0 Å². The molecule has 104 valence electrons. The number of nitrogens with one attached hydrogen (secondary N) is 1. The van der Waals surface area contributed by atoms with Gasteiger partial charge in [0.1, 0.15) is 0 Å². The fourth-order valence-corrected chi connectivity index (χ4v) is 3.97. The lowest BCUT2D eigenvalue weighted by molar-refractivity contribution is 0.0891. The molecule has 0 aromatic rings. The molecule has 3 fully saturated rings. The first-order valence-corrected chi connectivity index (χ1v) is 8.11. The molecule has 3 nitrogen and oxygen atoms in total. The molecule has 1 atom stereocenters. The molecule has 3 heterocycles. The van der Waals surface area contributed by atoms with E-state index in [1.54, 1.807) is 0 Å². The molecule has 0 bridgehead atoms. The average Bonchev–Trinajstić information content (AvgIpc) is 2.94. The molecule has 0 radical (unpaired) electrons. The maximum absolute atomic E-state index is 3.63. The SMILES string of the molecule is C1CCN(C2CCN(CC3CCCN3)CC2)CC1. The van der Waals surface area contributed by atoms with Crippen LogP contribution in [0.15, 0.2) is 0 Å². The zero-order chi connectivity index (χ0) is 12.2. The first kappa shape index (κ1) is 12.9. The summed E-state index contributed by atoms with van der Waals surface area (Å²) >= 11 is 0. The van der Waals surface area contributed by atoms with Crippen LogP contribution in [0.3, 0.4) is 0 Å². The highest BCUT2D eigenvalue weighted by molar-refractivity contribution is 4.84. The minimum Gasteiger partial charge on any atom is -0.313 e. The molecular weight excluding hydrogens is 222 g/mol. The van der Waals surface area contributed by atoms with Crippen molar-refractivity contribution in [1.82, 2.24) is 15.1 Å². The van der Waals surface area contributed by atoms with Crippen LogP contribution < -0.4 is 5.32 Å². The fraction of sp³-hybridized carbons (Fsp3) is 1.00. The summed E-state index contributed by atoms with van der Waals surface area (Å²) in [6.07, 6.45) is 9.93. The van der Waals surface area contributed by atoms with Gasteiger partial charge >= 0.3 is 0 Å². The molecule has 0 aromatic carbocycles. The normalized spacial score (nSPS) is 33.0. The maximum atomic E-state index is 3.63. The van der Waals surface area contributed by atoms with Crippen molar-refractivity contribution in [1.29, 1.82) is 0 Å². The standard InChI is InChI=1S/C15H29N3/c1-2-9-18(10-3-1)15-6-11-17(12-7-15)13-14-5-4-8-16-14/h14-16H,1-13H2. The molecule has 3 saturated heterocycles. The van der Waals surface area contributed by atoms with Crippen LogP contribution in [-0.4, -0.2) is 61.2 Å². The smallest absolute Gasteiger partial charge is 0.0195 e. The van der Waals surface area contributed by atoms with Gasteiger partial charge in [-0.25, -0.2) is 0 Å². The van der Waals surface area contributed by atoms with Crippen LogP contribution in [0.25, 0.3) is 0 Å². The van der Waals surface area contributed by atoms with Gasteiger partial charge in [-0.3, -0.25) is 0 Å². The Labute approximate surface area is 112 Å². The zero-order valence-corrected chi connectivity index (χ0v) is 11.7. The lowest BCUT2D eigenvalue weighted by atomic mass is 9.99. The molecule has 1 N–H and O–H groups in total. The Bertz CT molecular complexity index is 236. The molecule has 0 aliphatic carbocycles. The van der Waals surface area contributed by atoms with Crippen LogP contribution in [0.4, 0.5) is 0 Å². The molecular formula is C15H29N3. The van der Waals surface area contributed by atoms with Crippen LogP contribution in [-0.2, 0) is 0 Å². The number of likely N-dealkylation sites (tertiary alicyclic amines) is 2. The Morgan fingerprint density at radius 2 is 1.61 bits per heavy atom. The fourth-order valence-electron chi connectivity index (χ4n) is 3.97. The molecule has 18 heavy (non-hydrogen) atoms. The molecule has 3 aliphatic rings. The Balaban J connectivity index is 1.40. The van der Waals surface area contributed by atoms with Crippen LogP contribution in [0.1, 0.15) is 44.9 Å². The Morgan fingerprint density at radius 3 is 2.28 bits per heavy atom. The van der Waals surface area contributed by atoms with Crippen molar-refractivity contribution in [2.24, 2.45) is 0 Å². The summed E-state index contributed by atoms with van der Waals surface area (Å²) in [4.78, 5) is 5.47. The number of piperidine rings is 2. The number of nitrogens with zero attached hydrogens (tertiary/aromatic N) is 2. The minimum absolute atomic E-state index is 0.788. The Kier molecular flexibility index (Phi) is 4.55. The van der Waals surface area contributed by atoms with Crippen LogP contribution in [0, 0.1) is 0 Å². The Hall–Kier alpha value is -0.120. The van der Waals surface area contributed by atoms with Gasteiger partial charge in [-0.05, 0) is 71.2 Å². The summed E-state index contributed by atoms with van der Waals surface area (Å²) in [6.45, 7) is 7.95. The third kappa shape index (κ3) is 3.25. The van der Waals surface area contributed by atoms with Gasteiger partial charge in [0.05, 0.1) is 0 Å². The van der Waals surface area contributed by atoms with Crippen LogP contribution >= 0.6 is 0 Å². The highest BCUT2D eigenvalue weighted by atomic mass is 15.2. The molecule has 0 aromatic heterocycles. The van der Waals surface area contributed by atoms with Gasteiger partial charge in [-0.15, -0.1) is 0 Å². The van der Waals surface area contributed by atoms with Crippen LogP contribution in [0.2, 0.25) is 0 Å². The third-order valence-corrected chi connectivity index (χ3v) is 5.11. The van der Waals surface area contributed by atoms with E-state index < -0.39 is 0 Å². The molecule has 3 heteroatoms. The quantitative estimate of drug-likeness (QED) is 0.823.